The molecule has 0 spiro atoms. The maximum atomic E-state index is 12.9. The molecule has 2 aromatic rings. The Bertz CT molecular complexity index is 741. The molecule has 0 saturated carbocycles. The van der Waals surface area contributed by atoms with Crippen molar-refractivity contribution in [3.8, 4) is 11.5 Å². The van der Waals surface area contributed by atoms with Crippen molar-refractivity contribution >= 4 is 5.91 Å². The fourth-order valence-corrected chi connectivity index (χ4v) is 3.12. The molecule has 25 heavy (non-hydrogen) atoms. The van der Waals surface area contributed by atoms with Crippen LogP contribution in [0.15, 0.2) is 30.6 Å². The predicted octanol–water partition coefficient (Wildman–Crippen LogP) is 2.51. The van der Waals surface area contributed by atoms with Crippen LogP contribution in [-0.2, 0) is 24.3 Å². The first-order chi connectivity index (χ1) is 12.1. The summed E-state index contributed by atoms with van der Waals surface area (Å²) < 4.78 is 12.9. The average molecular weight is 343 g/mol. The van der Waals surface area contributed by atoms with Crippen molar-refractivity contribution in [1.82, 2.24) is 14.7 Å². The second kappa shape index (κ2) is 7.59. The van der Waals surface area contributed by atoms with Crippen molar-refractivity contribution in [1.29, 1.82) is 0 Å². The zero-order valence-electron chi connectivity index (χ0n) is 15.1. The van der Waals surface area contributed by atoms with Gasteiger partial charge in [0, 0.05) is 37.5 Å². The number of carbonyl (C=O) groups is 1. The molecule has 1 aliphatic heterocycles. The zero-order chi connectivity index (χ0) is 17.8. The molecular formula is C19H25N3O3. The Kier molecular flexibility index (Phi) is 5.26. The lowest BCUT2D eigenvalue weighted by atomic mass is 9.95. The van der Waals surface area contributed by atoms with Gasteiger partial charge in [0.05, 0.1) is 19.2 Å². The van der Waals surface area contributed by atoms with Crippen LogP contribution in [0.4, 0.5) is 0 Å². The van der Waals surface area contributed by atoms with Crippen LogP contribution in [-0.4, -0.2) is 40.8 Å². The summed E-state index contributed by atoms with van der Waals surface area (Å²) >= 11 is 0. The molecule has 0 radical (unpaired) electrons. The summed E-state index contributed by atoms with van der Waals surface area (Å²) in [6.07, 6.45) is 4.52. The van der Waals surface area contributed by atoms with Crippen molar-refractivity contribution in [2.75, 3.05) is 20.3 Å². The molecule has 1 aromatic heterocycles. The van der Waals surface area contributed by atoms with Crippen molar-refractivity contribution in [2.45, 2.75) is 33.4 Å². The van der Waals surface area contributed by atoms with Crippen LogP contribution in [0.3, 0.4) is 0 Å². The molecule has 0 unspecified atom stereocenters. The summed E-state index contributed by atoms with van der Waals surface area (Å²) in [7, 11) is 1.64. The van der Waals surface area contributed by atoms with Crippen molar-refractivity contribution in [2.24, 2.45) is 5.92 Å². The molecule has 2 heterocycles. The van der Waals surface area contributed by atoms with Gasteiger partial charge in [-0.3, -0.25) is 9.48 Å². The van der Waals surface area contributed by atoms with Gasteiger partial charge in [-0.1, -0.05) is 6.07 Å². The van der Waals surface area contributed by atoms with Crippen LogP contribution in [0.5, 0.6) is 11.5 Å². The fourth-order valence-electron chi connectivity index (χ4n) is 3.12. The number of hydrogen-bond donors (Lipinski definition) is 0. The van der Waals surface area contributed by atoms with E-state index in [1.807, 2.05) is 54.0 Å². The lowest BCUT2D eigenvalue weighted by Crippen LogP contribution is -2.40. The molecule has 134 valence electrons. The third kappa shape index (κ3) is 3.78. The summed E-state index contributed by atoms with van der Waals surface area (Å²) in [5.41, 5.74) is 2.11. The monoisotopic (exact) mass is 343 g/mol. The number of aromatic nitrogens is 2. The lowest BCUT2D eigenvalue weighted by molar-refractivity contribution is -0.137. The SMILES string of the molecule is CCN(Cc1cnn(CC)c1)C(=O)[C@@H]1COc2cc(OC)ccc2C1. The first-order valence-corrected chi connectivity index (χ1v) is 8.74. The van der Waals surface area contributed by atoms with E-state index in [4.69, 9.17) is 9.47 Å². The van der Waals surface area contributed by atoms with Gasteiger partial charge in [0.2, 0.25) is 5.91 Å². The summed E-state index contributed by atoms with van der Waals surface area (Å²) in [6, 6.07) is 5.77. The summed E-state index contributed by atoms with van der Waals surface area (Å²) in [5, 5.41) is 4.28. The van der Waals surface area contributed by atoms with E-state index in [-0.39, 0.29) is 11.8 Å². The maximum Gasteiger partial charge on any atom is 0.229 e. The molecule has 0 N–H and O–H groups in total. The van der Waals surface area contributed by atoms with Crippen LogP contribution in [0.25, 0.3) is 0 Å². The number of carbonyl (C=O) groups excluding carboxylic acids is 1. The predicted molar refractivity (Wildman–Crippen MR) is 94.7 cm³/mol. The number of amides is 1. The molecule has 6 nitrogen and oxygen atoms in total. The Hall–Kier alpha value is -2.50. The summed E-state index contributed by atoms with van der Waals surface area (Å²) in [6.45, 7) is 6.54. The Morgan fingerprint density at radius 3 is 2.96 bits per heavy atom. The molecule has 3 rings (SSSR count). The zero-order valence-corrected chi connectivity index (χ0v) is 15.1. The number of ether oxygens (including phenoxy) is 2. The van der Waals surface area contributed by atoms with E-state index >= 15 is 0 Å². The number of nitrogens with zero attached hydrogens (tertiary/aromatic N) is 3. The highest BCUT2D eigenvalue weighted by atomic mass is 16.5. The second-order valence-electron chi connectivity index (χ2n) is 6.24. The van der Waals surface area contributed by atoms with Gasteiger partial charge in [0.25, 0.3) is 0 Å². The van der Waals surface area contributed by atoms with E-state index in [9.17, 15) is 4.79 Å². The average Bonchev–Trinajstić information content (AvgIpc) is 3.12. The van der Waals surface area contributed by atoms with E-state index in [0.29, 0.717) is 26.1 Å². The minimum atomic E-state index is -0.151. The standard InChI is InChI=1S/C19H25N3O3/c1-4-21(11-14-10-20-22(5-2)12-14)19(23)16-8-15-6-7-17(24-3)9-18(15)25-13-16/h6-7,9-10,12,16H,4-5,8,11,13H2,1-3H3/t16-/m0/s1. The minimum Gasteiger partial charge on any atom is -0.497 e. The normalized spacial score (nSPS) is 16.0. The van der Waals surface area contributed by atoms with Gasteiger partial charge in [-0.25, -0.2) is 0 Å². The smallest absolute Gasteiger partial charge is 0.229 e. The van der Waals surface area contributed by atoms with E-state index in [2.05, 4.69) is 5.10 Å². The van der Waals surface area contributed by atoms with Gasteiger partial charge in [0.1, 0.15) is 18.1 Å². The number of hydrogen-bond acceptors (Lipinski definition) is 4. The second-order valence-corrected chi connectivity index (χ2v) is 6.24. The lowest BCUT2D eigenvalue weighted by Gasteiger charge is -2.29. The van der Waals surface area contributed by atoms with Crippen molar-refractivity contribution in [3.05, 3.63) is 41.7 Å². The van der Waals surface area contributed by atoms with Crippen molar-refractivity contribution in [3.63, 3.8) is 0 Å². The number of methoxy groups -OCH3 is 1. The van der Waals surface area contributed by atoms with E-state index in [1.54, 1.807) is 7.11 Å². The van der Waals surface area contributed by atoms with Gasteiger partial charge < -0.3 is 14.4 Å². The van der Waals surface area contributed by atoms with E-state index < -0.39 is 0 Å². The number of aryl methyl sites for hydroxylation is 1. The quantitative estimate of drug-likeness (QED) is 0.809. The first kappa shape index (κ1) is 17.3. The third-order valence-electron chi connectivity index (χ3n) is 4.61. The van der Waals surface area contributed by atoms with Crippen LogP contribution >= 0.6 is 0 Å². The number of benzene rings is 1. The Labute approximate surface area is 148 Å². The summed E-state index contributed by atoms with van der Waals surface area (Å²) in [4.78, 5) is 14.8. The van der Waals surface area contributed by atoms with Gasteiger partial charge in [-0.2, -0.15) is 5.10 Å². The van der Waals surface area contributed by atoms with Crippen LogP contribution in [0, 0.1) is 5.92 Å². The van der Waals surface area contributed by atoms with Gasteiger partial charge in [-0.05, 0) is 31.9 Å². The number of rotatable bonds is 6. The molecule has 1 aliphatic rings. The summed E-state index contributed by atoms with van der Waals surface area (Å²) in [5.74, 6) is 1.57. The molecule has 0 aliphatic carbocycles. The van der Waals surface area contributed by atoms with Gasteiger partial charge >= 0.3 is 0 Å². The highest BCUT2D eigenvalue weighted by Gasteiger charge is 2.29. The van der Waals surface area contributed by atoms with Crippen molar-refractivity contribution < 1.29 is 14.3 Å². The topological polar surface area (TPSA) is 56.6 Å². The molecular weight excluding hydrogens is 318 g/mol. The highest BCUT2D eigenvalue weighted by Crippen LogP contribution is 2.31. The van der Waals surface area contributed by atoms with Crippen LogP contribution in [0.2, 0.25) is 0 Å². The molecule has 1 amide bonds. The van der Waals surface area contributed by atoms with Crippen LogP contribution < -0.4 is 9.47 Å². The third-order valence-corrected chi connectivity index (χ3v) is 4.61. The molecule has 1 atom stereocenters. The Morgan fingerprint density at radius 2 is 2.28 bits per heavy atom. The molecule has 1 aromatic carbocycles. The van der Waals surface area contributed by atoms with Gasteiger partial charge in [0.15, 0.2) is 0 Å². The maximum absolute atomic E-state index is 12.9. The Balaban J connectivity index is 1.68. The highest BCUT2D eigenvalue weighted by molar-refractivity contribution is 5.79. The molecule has 0 saturated heterocycles. The molecule has 0 fully saturated rings. The minimum absolute atomic E-state index is 0.133. The van der Waals surface area contributed by atoms with Crippen LogP contribution in [0.1, 0.15) is 25.0 Å². The molecule has 6 heteroatoms. The van der Waals surface area contributed by atoms with Gasteiger partial charge in [-0.15, -0.1) is 0 Å². The van der Waals surface area contributed by atoms with E-state index in [0.717, 1.165) is 29.2 Å². The first-order valence-electron chi connectivity index (χ1n) is 8.74. The Morgan fingerprint density at radius 1 is 1.44 bits per heavy atom. The largest absolute Gasteiger partial charge is 0.497 e. The number of fused-ring (bicyclic) bond motifs is 1. The molecule has 0 bridgehead atoms. The van der Waals surface area contributed by atoms with E-state index in [1.165, 1.54) is 0 Å². The fraction of sp³-hybridized carbons (Fsp3) is 0.474.